The minimum Gasteiger partial charge on any atom is -0.296 e. The van der Waals surface area contributed by atoms with Gasteiger partial charge in [0.25, 0.3) is 0 Å². The third-order valence-corrected chi connectivity index (χ3v) is 3.38. The number of halogens is 1. The molecule has 1 aromatic heterocycles. The van der Waals surface area contributed by atoms with E-state index in [-0.39, 0.29) is 11.4 Å². The van der Waals surface area contributed by atoms with Crippen molar-refractivity contribution in [3.63, 3.8) is 0 Å². The SMILES string of the molecule is CC(C)(C)ONCc1ccc(F)c(-c2cccs2)c1. The zero-order valence-corrected chi connectivity index (χ0v) is 12.2. The summed E-state index contributed by atoms with van der Waals surface area (Å²) in [5.41, 5.74) is 4.31. The Morgan fingerprint density at radius 3 is 2.68 bits per heavy atom. The molecule has 1 aromatic carbocycles. The van der Waals surface area contributed by atoms with Crippen molar-refractivity contribution in [3.8, 4) is 10.4 Å². The topological polar surface area (TPSA) is 21.3 Å². The summed E-state index contributed by atoms with van der Waals surface area (Å²) in [6.45, 7) is 6.47. The molecule has 2 aromatic rings. The molecule has 0 aliphatic heterocycles. The third kappa shape index (κ3) is 4.13. The minimum absolute atomic E-state index is 0.192. The van der Waals surface area contributed by atoms with Gasteiger partial charge in [-0.3, -0.25) is 4.84 Å². The molecule has 0 bridgehead atoms. The van der Waals surface area contributed by atoms with Crippen LogP contribution in [-0.4, -0.2) is 5.60 Å². The Bertz CT molecular complexity index is 532. The molecule has 0 atom stereocenters. The summed E-state index contributed by atoms with van der Waals surface area (Å²) in [5, 5.41) is 1.95. The van der Waals surface area contributed by atoms with Crippen molar-refractivity contribution < 1.29 is 9.23 Å². The molecule has 102 valence electrons. The summed E-state index contributed by atoms with van der Waals surface area (Å²) < 4.78 is 13.8. The van der Waals surface area contributed by atoms with Gasteiger partial charge < -0.3 is 0 Å². The van der Waals surface area contributed by atoms with Gasteiger partial charge in [0.2, 0.25) is 0 Å². The number of hydrogen-bond donors (Lipinski definition) is 1. The van der Waals surface area contributed by atoms with E-state index < -0.39 is 0 Å². The lowest BCUT2D eigenvalue weighted by Gasteiger charge is -2.19. The van der Waals surface area contributed by atoms with Gasteiger partial charge in [0, 0.05) is 17.0 Å². The Morgan fingerprint density at radius 1 is 1.26 bits per heavy atom. The number of benzene rings is 1. The predicted molar refractivity (Wildman–Crippen MR) is 77.4 cm³/mol. The van der Waals surface area contributed by atoms with E-state index in [0.29, 0.717) is 12.1 Å². The molecule has 0 saturated carbocycles. The molecular weight excluding hydrogens is 261 g/mol. The van der Waals surface area contributed by atoms with E-state index in [1.165, 1.54) is 17.4 Å². The Kier molecular flexibility index (Phi) is 4.34. The average Bonchev–Trinajstić information content (AvgIpc) is 2.83. The van der Waals surface area contributed by atoms with E-state index in [4.69, 9.17) is 4.84 Å². The second kappa shape index (κ2) is 5.82. The number of thiophene rings is 1. The molecule has 2 rings (SSSR count). The second-order valence-electron chi connectivity index (χ2n) is 5.33. The van der Waals surface area contributed by atoms with E-state index in [1.54, 1.807) is 6.07 Å². The van der Waals surface area contributed by atoms with E-state index >= 15 is 0 Å². The molecule has 4 heteroatoms. The molecule has 0 spiro atoms. The van der Waals surface area contributed by atoms with Crippen LogP contribution < -0.4 is 5.48 Å². The molecular formula is C15H18FNOS. The van der Waals surface area contributed by atoms with Gasteiger partial charge in [-0.05, 0) is 49.9 Å². The van der Waals surface area contributed by atoms with Crippen LogP contribution in [0.15, 0.2) is 35.7 Å². The van der Waals surface area contributed by atoms with Gasteiger partial charge in [-0.2, -0.15) is 5.48 Å². The van der Waals surface area contributed by atoms with E-state index in [2.05, 4.69) is 5.48 Å². The van der Waals surface area contributed by atoms with Gasteiger partial charge in [0.1, 0.15) is 5.82 Å². The van der Waals surface area contributed by atoms with Crippen LogP contribution >= 0.6 is 11.3 Å². The molecule has 0 saturated heterocycles. The summed E-state index contributed by atoms with van der Waals surface area (Å²) in [7, 11) is 0. The fourth-order valence-electron chi connectivity index (χ4n) is 1.64. The summed E-state index contributed by atoms with van der Waals surface area (Å²) >= 11 is 1.54. The standard InChI is InChI=1S/C15H18FNOS/c1-15(2,3)18-17-10-11-6-7-13(16)12(9-11)14-5-4-8-19-14/h4-9,17H,10H2,1-3H3. The van der Waals surface area contributed by atoms with Crippen LogP contribution in [0.4, 0.5) is 4.39 Å². The average molecular weight is 279 g/mol. The lowest BCUT2D eigenvalue weighted by molar-refractivity contribution is -0.0757. The Labute approximate surface area is 117 Å². The van der Waals surface area contributed by atoms with Crippen LogP contribution in [0.2, 0.25) is 0 Å². The van der Waals surface area contributed by atoms with Crippen molar-refractivity contribution in [2.24, 2.45) is 0 Å². The largest absolute Gasteiger partial charge is 0.296 e. The highest BCUT2D eigenvalue weighted by Crippen LogP contribution is 2.28. The van der Waals surface area contributed by atoms with Crippen LogP contribution in [0.25, 0.3) is 10.4 Å². The predicted octanol–water partition coefficient (Wildman–Crippen LogP) is 4.37. The van der Waals surface area contributed by atoms with Gasteiger partial charge >= 0.3 is 0 Å². The number of rotatable bonds is 4. The van der Waals surface area contributed by atoms with Crippen LogP contribution in [0.1, 0.15) is 26.3 Å². The third-order valence-electron chi connectivity index (χ3n) is 2.47. The van der Waals surface area contributed by atoms with Gasteiger partial charge in [0.15, 0.2) is 0 Å². The first-order valence-electron chi connectivity index (χ1n) is 6.19. The quantitative estimate of drug-likeness (QED) is 0.839. The Morgan fingerprint density at radius 2 is 2.05 bits per heavy atom. The molecule has 1 N–H and O–H groups in total. The van der Waals surface area contributed by atoms with Crippen molar-refractivity contribution in [1.29, 1.82) is 0 Å². The van der Waals surface area contributed by atoms with E-state index in [0.717, 1.165) is 10.4 Å². The Balaban J connectivity index is 2.09. The van der Waals surface area contributed by atoms with Crippen molar-refractivity contribution in [2.75, 3.05) is 0 Å². The van der Waals surface area contributed by atoms with E-state index in [1.807, 2.05) is 44.4 Å². The molecule has 0 fully saturated rings. The second-order valence-corrected chi connectivity index (χ2v) is 6.27. The Hall–Kier alpha value is -1.23. The smallest absolute Gasteiger partial charge is 0.131 e. The molecule has 0 unspecified atom stereocenters. The summed E-state index contributed by atoms with van der Waals surface area (Å²) in [5.74, 6) is -0.192. The van der Waals surface area contributed by atoms with Crippen molar-refractivity contribution in [1.82, 2.24) is 5.48 Å². The molecule has 19 heavy (non-hydrogen) atoms. The molecule has 0 aliphatic carbocycles. The highest BCUT2D eigenvalue weighted by Gasteiger charge is 2.11. The number of hydroxylamine groups is 1. The number of nitrogens with one attached hydrogen (secondary N) is 1. The van der Waals surface area contributed by atoms with Crippen LogP contribution in [0.3, 0.4) is 0 Å². The van der Waals surface area contributed by atoms with Gasteiger partial charge in [-0.1, -0.05) is 12.1 Å². The highest BCUT2D eigenvalue weighted by atomic mass is 32.1. The normalized spacial score (nSPS) is 11.8. The number of hydrogen-bond acceptors (Lipinski definition) is 3. The molecule has 2 nitrogen and oxygen atoms in total. The fraction of sp³-hybridized carbons (Fsp3) is 0.333. The van der Waals surface area contributed by atoms with Crippen LogP contribution in [0.5, 0.6) is 0 Å². The maximum atomic E-state index is 13.8. The fourth-order valence-corrected chi connectivity index (χ4v) is 2.38. The summed E-state index contributed by atoms with van der Waals surface area (Å²) in [6.07, 6.45) is 0. The molecule has 0 aliphatic rings. The minimum atomic E-state index is -0.239. The first-order chi connectivity index (χ1) is 8.96. The zero-order chi connectivity index (χ0) is 13.9. The van der Waals surface area contributed by atoms with Crippen molar-refractivity contribution >= 4 is 11.3 Å². The molecule has 1 heterocycles. The maximum Gasteiger partial charge on any atom is 0.131 e. The maximum absolute atomic E-state index is 13.8. The van der Waals surface area contributed by atoms with Gasteiger partial charge in [0.05, 0.1) is 5.60 Å². The first kappa shape index (κ1) is 14.2. The van der Waals surface area contributed by atoms with E-state index in [9.17, 15) is 4.39 Å². The van der Waals surface area contributed by atoms with Crippen molar-refractivity contribution in [2.45, 2.75) is 32.9 Å². The molecule has 0 radical (unpaired) electrons. The van der Waals surface area contributed by atoms with Crippen LogP contribution in [0, 0.1) is 5.82 Å². The van der Waals surface area contributed by atoms with Crippen molar-refractivity contribution in [3.05, 3.63) is 47.1 Å². The zero-order valence-electron chi connectivity index (χ0n) is 11.4. The molecule has 0 amide bonds. The lowest BCUT2D eigenvalue weighted by Crippen LogP contribution is -2.28. The van der Waals surface area contributed by atoms with Crippen LogP contribution in [-0.2, 0) is 11.4 Å². The summed E-state index contributed by atoms with van der Waals surface area (Å²) in [4.78, 5) is 6.39. The summed E-state index contributed by atoms with van der Waals surface area (Å²) in [6, 6.07) is 8.98. The first-order valence-corrected chi connectivity index (χ1v) is 7.07. The highest BCUT2D eigenvalue weighted by molar-refractivity contribution is 7.13. The monoisotopic (exact) mass is 279 g/mol. The van der Waals surface area contributed by atoms with Gasteiger partial charge in [-0.25, -0.2) is 4.39 Å². The van der Waals surface area contributed by atoms with Gasteiger partial charge in [-0.15, -0.1) is 11.3 Å². The lowest BCUT2D eigenvalue weighted by atomic mass is 10.1.